The molecule has 2 amide bonds. The first-order valence-corrected chi connectivity index (χ1v) is 54.0. The SMILES string of the molecule is CCN1CCCc2cc3c(cc21)Oc1cc2c(cc1=C3c1cc(C(=O)NCC#Cc3cn([C@H]4C[C@H](O)[C@@H](COP(=O)(O)OP(=O)(O)OP(=O)(O)O)O4)c4ncnc(N)c34)ccc1C(=O)[O-])CCC[N+]=2CC.CCN1CCCc2cc3c(cc21)Oc1cc2c(cc1=C3c1ccc(C(=O)NCC#Cc3cn([C@H]4C[C@H](O)[C@@H](COP(=O)(O)OP(=O)(O)OP(=O)(O)O)O4)c4ncnc(N)c34)cc1C(=O)[O-])CCC[N+]=2CC. The molecule has 0 aliphatic carbocycles. The average molecular weight is 2070 g/mol. The number of aryl methyl sites for hydroxylation is 4. The summed E-state index contributed by atoms with van der Waals surface area (Å²) in [5, 5.41) is 57.2. The molecule has 16 N–H and O–H groups in total. The Labute approximate surface area is 807 Å². The fourth-order valence-corrected chi connectivity index (χ4v) is 25.1. The Morgan fingerprint density at radius 1 is 0.493 bits per heavy atom. The number of fused-ring (bicyclic) bond motifs is 10. The number of rotatable bonds is 28. The number of aromatic carboxylic acids is 2. The van der Waals surface area contributed by atoms with Gasteiger partial charge in [0.2, 0.25) is 10.7 Å². The monoisotopic (exact) mass is 2070 g/mol. The van der Waals surface area contributed by atoms with Gasteiger partial charge in [0, 0.05) is 154 Å². The molecule has 0 radical (unpaired) electrons. The van der Waals surface area contributed by atoms with E-state index < -0.39 is 121 Å². The van der Waals surface area contributed by atoms with Crippen molar-refractivity contribution in [1.29, 1.82) is 0 Å². The predicted octanol–water partition coefficient (Wildman–Crippen LogP) is 3.47. The van der Waals surface area contributed by atoms with Gasteiger partial charge in [-0.2, -0.15) is 17.2 Å². The molecule has 2 fully saturated rings. The third-order valence-corrected chi connectivity index (χ3v) is 32.8. The number of carboxylic acids is 2. The van der Waals surface area contributed by atoms with E-state index in [1.807, 2.05) is 24.3 Å². The molecule has 8 aliphatic rings. The number of nitrogens with one attached hydrogen (secondary N) is 2. The van der Waals surface area contributed by atoms with E-state index in [9.17, 15) is 86.6 Å². The molecule has 18 rings (SSSR count). The molecule has 748 valence electrons. The topological polar surface area (TPSA) is 661 Å². The van der Waals surface area contributed by atoms with Crippen LogP contribution in [0.15, 0.2) is 110 Å². The van der Waals surface area contributed by atoms with E-state index in [1.165, 1.54) is 52.4 Å². The molecule has 12 heterocycles. The molecule has 10 aromatic rings. The highest BCUT2D eigenvalue weighted by Gasteiger charge is 2.47. The van der Waals surface area contributed by atoms with Crippen molar-refractivity contribution in [3.8, 4) is 46.7 Å². The lowest BCUT2D eigenvalue weighted by atomic mass is 9.85. The van der Waals surface area contributed by atoms with Crippen molar-refractivity contribution in [2.45, 2.75) is 129 Å². The van der Waals surface area contributed by atoms with Crippen molar-refractivity contribution >= 4 is 127 Å². The second kappa shape index (κ2) is 40.9. The number of nitrogen functional groups attached to an aromatic ring is 2. The molecule has 0 spiro atoms. The molecule has 0 bridgehead atoms. The number of anilines is 4. The molecule has 6 aromatic carbocycles. The van der Waals surface area contributed by atoms with Crippen LogP contribution < -0.4 is 81.9 Å². The summed E-state index contributed by atoms with van der Waals surface area (Å²) in [5.74, 6) is 10.0. The second-order valence-corrected chi connectivity index (χ2v) is 43.0. The Kier molecular flexibility index (Phi) is 29.3. The number of nitrogens with two attached hydrogens (primary N) is 2. The van der Waals surface area contributed by atoms with E-state index in [1.54, 1.807) is 18.2 Å². The number of aliphatic hydroxyl groups excluding tert-OH is 2. The second-order valence-electron chi connectivity index (χ2n) is 34.1. The maximum atomic E-state index is 13.9. The van der Waals surface area contributed by atoms with Crippen LogP contribution in [0.1, 0.15) is 176 Å². The number of phosphoric acid groups is 6. The van der Waals surface area contributed by atoms with Gasteiger partial charge >= 0.3 is 46.9 Å². The largest absolute Gasteiger partial charge is 0.545 e. The Balaban J connectivity index is 0.000000195. The van der Waals surface area contributed by atoms with E-state index in [4.69, 9.17) is 50.0 Å². The van der Waals surface area contributed by atoms with Gasteiger partial charge in [-0.3, -0.25) is 18.6 Å². The van der Waals surface area contributed by atoms with Gasteiger partial charge in [0.05, 0.1) is 84.5 Å². The van der Waals surface area contributed by atoms with Crippen LogP contribution >= 0.6 is 46.9 Å². The molecule has 46 nitrogen and oxygen atoms in total. The molecule has 10 atom stereocenters. The number of carboxylic acid groups (broad SMARTS) is 2. The van der Waals surface area contributed by atoms with Crippen LogP contribution in [0.2, 0.25) is 0 Å². The number of ether oxygens (including phenoxy) is 4. The van der Waals surface area contributed by atoms with Crippen molar-refractivity contribution in [3.05, 3.63) is 209 Å². The first kappa shape index (κ1) is 102. The van der Waals surface area contributed by atoms with Crippen molar-refractivity contribution < 1.29 is 151 Å². The van der Waals surface area contributed by atoms with Gasteiger partial charge < -0.3 is 129 Å². The summed E-state index contributed by atoms with van der Waals surface area (Å²) < 4.78 is 127. The van der Waals surface area contributed by atoms with Crippen LogP contribution in [0.4, 0.5) is 23.0 Å². The molecule has 52 heteroatoms. The maximum Gasteiger partial charge on any atom is 0.490 e. The van der Waals surface area contributed by atoms with E-state index >= 15 is 0 Å². The minimum Gasteiger partial charge on any atom is -0.545 e. The number of aliphatic hydroxyl groups is 2. The van der Waals surface area contributed by atoms with Gasteiger partial charge in [-0.15, -0.1) is 0 Å². The smallest absolute Gasteiger partial charge is 0.490 e. The van der Waals surface area contributed by atoms with E-state index in [0.717, 1.165) is 159 Å². The number of hydrogen-bond acceptors (Lipinski definition) is 32. The lowest BCUT2D eigenvalue weighted by Crippen LogP contribution is -2.39. The van der Waals surface area contributed by atoms with Gasteiger partial charge in [0.1, 0.15) is 109 Å². The summed E-state index contributed by atoms with van der Waals surface area (Å²) in [6.07, 6.45) is 4.90. The van der Waals surface area contributed by atoms with Crippen LogP contribution in [0.25, 0.3) is 33.2 Å². The number of carbonyl (C=O) groups excluding carboxylic acids is 4. The summed E-state index contributed by atoms with van der Waals surface area (Å²) in [5.41, 5.74) is 23.5. The summed E-state index contributed by atoms with van der Waals surface area (Å²) in [7, 11) is -33.8. The molecule has 142 heavy (non-hydrogen) atoms. The molecule has 8 aliphatic heterocycles. The zero-order chi connectivity index (χ0) is 101. The highest BCUT2D eigenvalue weighted by Crippen LogP contribution is 2.68. The number of amides is 2. The zero-order valence-electron chi connectivity index (χ0n) is 76.2. The summed E-state index contributed by atoms with van der Waals surface area (Å²) in [6, 6.07) is 25.3. The van der Waals surface area contributed by atoms with Gasteiger partial charge in [-0.25, -0.2) is 56.5 Å². The van der Waals surface area contributed by atoms with Crippen molar-refractivity contribution in [2.75, 3.05) is 99.9 Å². The minimum absolute atomic E-state index is 0.0259. The lowest BCUT2D eigenvalue weighted by molar-refractivity contribution is -0.256. The van der Waals surface area contributed by atoms with Gasteiger partial charge in [-0.05, 0) is 137 Å². The minimum atomic E-state index is -5.78. The molecule has 0 saturated carbocycles. The summed E-state index contributed by atoms with van der Waals surface area (Å²) >= 11 is 0. The van der Waals surface area contributed by atoms with Crippen LogP contribution in [-0.4, -0.2) is 205 Å². The first-order valence-electron chi connectivity index (χ1n) is 45.0. The van der Waals surface area contributed by atoms with Gasteiger partial charge in [0.15, 0.2) is 0 Å². The van der Waals surface area contributed by atoms with Gasteiger partial charge in [0.25, 0.3) is 11.8 Å². The van der Waals surface area contributed by atoms with Crippen LogP contribution in [-0.2, 0) is 88.8 Å². The van der Waals surface area contributed by atoms with E-state index in [2.05, 4.69) is 151 Å². The number of nitrogens with zero attached hydrogens (tertiary/aromatic N) is 10. The number of aromatic nitrogens is 6. The molecule has 4 unspecified atom stereocenters. The summed E-state index contributed by atoms with van der Waals surface area (Å²) in [4.78, 5) is 149. The van der Waals surface area contributed by atoms with Crippen LogP contribution in [0, 0.1) is 23.7 Å². The fraction of sp³-hybridized carbons (Fsp3) is 0.356. The molecule has 2 saturated heterocycles. The quantitative estimate of drug-likeness (QED) is 0.0190. The molecule has 4 aromatic heterocycles. The Morgan fingerprint density at radius 2 is 0.915 bits per heavy atom. The standard InChI is InChI=1S/2C45H48N7O16P3/c1-3-50-14-6-9-25-16-31-36(19-33(25)50)65-37-20-34-26(10-7-15-51(34)4-2)17-32(37)41(31)30-18-27(11-12-29(30)45(55)56)44(54)47-13-5-8-28-22-52(43-40(28)42(46)48-24-49-43)39-21-35(53)38(66-39)23-64-70(60,61)68-71(62,63)67-69(57,58)59;1-3-50-14-6-9-25-16-31-36(19-33(25)50)65-37-20-34-26(10-7-15-51(34)4-2)17-32(37)41(31)29-12-11-27(18-30(29)45(55)56)44(54)47-13-5-8-28-22-52(43-40(28)42(46)48-24-49-43)39-21-35(53)38(66-39)23-64-70(60,61)68-71(62,63)67-69(57,58)59/h2*11-12,16-20,22,24,35,38-39,53H,3-4,6-7,9-10,13-15,21,23H2,1-2H3,(H7-,46,47,48,49,54,55,56,57,58,59,60,61,62,63)/t2*35-,38+,39+/m00/s1. The van der Waals surface area contributed by atoms with Crippen LogP contribution in [0.5, 0.6) is 23.0 Å². The highest BCUT2D eigenvalue weighted by molar-refractivity contribution is 7.67. The van der Waals surface area contributed by atoms with Gasteiger partial charge in [-0.1, -0.05) is 35.8 Å². The summed E-state index contributed by atoms with van der Waals surface area (Å²) in [6.45, 7) is 13.1. The Hall–Kier alpha value is -11.6. The Morgan fingerprint density at radius 3 is 1.34 bits per heavy atom. The third-order valence-electron chi connectivity index (χ3n) is 25.2. The van der Waals surface area contributed by atoms with E-state index in [0.29, 0.717) is 67.0 Å². The van der Waals surface area contributed by atoms with Crippen molar-refractivity contribution in [2.24, 2.45) is 0 Å². The number of benzene rings is 6. The maximum absolute atomic E-state index is 13.9. The predicted molar refractivity (Wildman–Crippen MR) is 503 cm³/mol. The average Bonchev–Trinajstić information content (AvgIpc) is 0.798. The molecular weight excluding hydrogens is 1970 g/mol. The van der Waals surface area contributed by atoms with Crippen molar-refractivity contribution in [1.82, 2.24) is 48.9 Å². The number of carbonyl (C=O) groups is 4. The number of hydrogen-bond donors (Lipinski definition) is 14. The lowest BCUT2D eigenvalue weighted by Gasteiger charge is -2.33. The Bertz CT molecular complexity index is 7620. The first-order chi connectivity index (χ1) is 67.4. The third kappa shape index (κ3) is 21.9. The zero-order valence-corrected chi connectivity index (χ0v) is 81.5. The van der Waals surface area contributed by atoms with E-state index in [-0.39, 0.29) is 82.1 Å². The number of phosphoric ester groups is 2. The fourth-order valence-electron chi connectivity index (χ4n) is 19.0. The van der Waals surface area contributed by atoms with Crippen LogP contribution in [0.3, 0.4) is 0 Å². The normalized spacial score (nSPS) is 20.1. The molecular formula is C90H96N14O32P6. The highest BCUT2D eigenvalue weighted by atomic mass is 31.3. The van der Waals surface area contributed by atoms with Crippen molar-refractivity contribution in [3.63, 3.8) is 0 Å².